The number of benzene rings is 1. The van der Waals surface area contributed by atoms with Crippen molar-refractivity contribution >= 4 is 12.3 Å². The van der Waals surface area contributed by atoms with Crippen LogP contribution in [0.3, 0.4) is 0 Å². The molecule has 0 atom stereocenters. The second kappa shape index (κ2) is 6.05. The minimum Gasteiger partial charge on any atom is -0.426 e. The fourth-order valence-corrected chi connectivity index (χ4v) is 1.48. The second-order valence-electron chi connectivity index (χ2n) is 3.59. The average molecular weight is 220 g/mol. The number of rotatable bonds is 5. The first-order valence-corrected chi connectivity index (χ1v) is 5.48. The van der Waals surface area contributed by atoms with E-state index in [-0.39, 0.29) is 11.9 Å². The summed E-state index contributed by atoms with van der Waals surface area (Å²) in [7, 11) is 0. The lowest BCUT2D eigenvalue weighted by Gasteiger charge is -2.12. The predicted octanol–water partition coefficient (Wildman–Crippen LogP) is 2.84. The Morgan fingerprint density at radius 2 is 1.94 bits per heavy atom. The zero-order chi connectivity index (χ0) is 12.0. The van der Waals surface area contributed by atoms with Gasteiger partial charge in [-0.1, -0.05) is 26.0 Å². The lowest BCUT2D eigenvalue weighted by atomic mass is 10.0. The largest absolute Gasteiger partial charge is 0.426 e. The van der Waals surface area contributed by atoms with E-state index in [4.69, 9.17) is 4.74 Å². The van der Waals surface area contributed by atoms with Gasteiger partial charge >= 0.3 is 5.97 Å². The van der Waals surface area contributed by atoms with Crippen LogP contribution in [-0.4, -0.2) is 12.3 Å². The van der Waals surface area contributed by atoms with Gasteiger partial charge in [0.1, 0.15) is 5.75 Å². The van der Waals surface area contributed by atoms with Gasteiger partial charge in [0.15, 0.2) is 6.29 Å². The summed E-state index contributed by atoms with van der Waals surface area (Å²) in [5, 5.41) is 0. The van der Waals surface area contributed by atoms with Crippen molar-refractivity contribution in [1.29, 1.82) is 0 Å². The van der Waals surface area contributed by atoms with Gasteiger partial charge in [0, 0.05) is 0 Å². The number of ether oxygens (including phenoxy) is 1. The summed E-state index contributed by atoms with van der Waals surface area (Å²) in [6.07, 6.45) is 2.19. The Kier molecular flexibility index (Phi) is 4.70. The van der Waals surface area contributed by atoms with E-state index in [1.165, 1.54) is 0 Å². The molecule has 0 aliphatic heterocycles. The molecule has 0 bridgehead atoms. The van der Waals surface area contributed by atoms with Crippen molar-refractivity contribution in [3.8, 4) is 5.75 Å². The molecular weight excluding hydrogens is 204 g/mol. The molecule has 86 valence electrons. The molecule has 3 heteroatoms. The highest BCUT2D eigenvalue weighted by Gasteiger charge is 2.17. The molecule has 0 amide bonds. The lowest BCUT2D eigenvalue weighted by molar-refractivity contribution is -0.139. The summed E-state index contributed by atoms with van der Waals surface area (Å²) in [5.41, 5.74) is 0.404. The summed E-state index contributed by atoms with van der Waals surface area (Å²) in [4.78, 5) is 22.4. The van der Waals surface area contributed by atoms with Crippen LogP contribution in [0.15, 0.2) is 24.3 Å². The quantitative estimate of drug-likeness (QED) is 0.435. The Hall–Kier alpha value is -1.64. The van der Waals surface area contributed by atoms with Crippen LogP contribution in [0.5, 0.6) is 5.75 Å². The molecular formula is C13H16O3. The third-order valence-corrected chi connectivity index (χ3v) is 2.58. The van der Waals surface area contributed by atoms with Gasteiger partial charge in [-0.15, -0.1) is 0 Å². The highest BCUT2D eigenvalue weighted by Crippen LogP contribution is 2.19. The van der Waals surface area contributed by atoms with Gasteiger partial charge in [-0.3, -0.25) is 9.59 Å². The summed E-state index contributed by atoms with van der Waals surface area (Å²) >= 11 is 0. The summed E-state index contributed by atoms with van der Waals surface area (Å²) in [6, 6.07) is 6.73. The zero-order valence-electron chi connectivity index (χ0n) is 9.60. The van der Waals surface area contributed by atoms with Crippen LogP contribution in [0.2, 0.25) is 0 Å². The highest BCUT2D eigenvalue weighted by atomic mass is 16.5. The SMILES string of the molecule is CCC(CC)C(=O)Oc1ccccc1C=O. The fraction of sp³-hybridized carbons (Fsp3) is 0.385. The first-order chi connectivity index (χ1) is 7.72. The van der Waals surface area contributed by atoms with Crippen LogP contribution >= 0.6 is 0 Å². The first-order valence-electron chi connectivity index (χ1n) is 5.48. The van der Waals surface area contributed by atoms with Crippen molar-refractivity contribution in [2.75, 3.05) is 0 Å². The minimum atomic E-state index is -0.265. The third-order valence-electron chi connectivity index (χ3n) is 2.58. The standard InChI is InChI=1S/C13H16O3/c1-3-10(4-2)13(15)16-12-8-6-5-7-11(12)9-14/h5-10H,3-4H2,1-2H3. The third kappa shape index (κ3) is 2.92. The average Bonchev–Trinajstić information content (AvgIpc) is 2.31. The van der Waals surface area contributed by atoms with Crippen molar-refractivity contribution in [2.45, 2.75) is 26.7 Å². The molecule has 1 rings (SSSR count). The molecule has 0 unspecified atom stereocenters. The zero-order valence-corrected chi connectivity index (χ0v) is 9.60. The lowest BCUT2D eigenvalue weighted by Crippen LogP contribution is -2.19. The van der Waals surface area contributed by atoms with Crippen molar-refractivity contribution in [1.82, 2.24) is 0 Å². The molecule has 3 nitrogen and oxygen atoms in total. The molecule has 0 N–H and O–H groups in total. The first kappa shape index (κ1) is 12.4. The maximum Gasteiger partial charge on any atom is 0.314 e. The Morgan fingerprint density at radius 3 is 2.50 bits per heavy atom. The molecule has 0 aliphatic rings. The van der Waals surface area contributed by atoms with E-state index in [0.717, 1.165) is 12.8 Å². The fourth-order valence-electron chi connectivity index (χ4n) is 1.48. The topological polar surface area (TPSA) is 43.4 Å². The van der Waals surface area contributed by atoms with Crippen LogP contribution in [-0.2, 0) is 4.79 Å². The number of carbonyl (C=O) groups is 2. The normalized spacial score (nSPS) is 10.2. The van der Waals surface area contributed by atoms with Crippen LogP contribution in [0.25, 0.3) is 0 Å². The Balaban J connectivity index is 2.80. The van der Waals surface area contributed by atoms with Gasteiger partial charge in [0.25, 0.3) is 0 Å². The predicted molar refractivity (Wildman–Crippen MR) is 61.5 cm³/mol. The maximum absolute atomic E-state index is 11.7. The van der Waals surface area contributed by atoms with Crippen LogP contribution in [0, 0.1) is 5.92 Å². The summed E-state index contributed by atoms with van der Waals surface area (Å²) < 4.78 is 5.21. The molecule has 1 aromatic rings. The van der Waals surface area contributed by atoms with E-state index in [2.05, 4.69) is 0 Å². The number of esters is 1. The molecule has 1 aromatic carbocycles. The number of carbonyl (C=O) groups excluding carboxylic acids is 2. The Bertz CT molecular complexity index is 367. The van der Waals surface area contributed by atoms with Crippen LogP contribution in [0.4, 0.5) is 0 Å². The van der Waals surface area contributed by atoms with Gasteiger partial charge in [-0.2, -0.15) is 0 Å². The van der Waals surface area contributed by atoms with E-state index in [0.29, 0.717) is 17.6 Å². The van der Waals surface area contributed by atoms with Crippen molar-refractivity contribution in [2.24, 2.45) is 5.92 Å². The van der Waals surface area contributed by atoms with E-state index in [1.807, 2.05) is 13.8 Å². The van der Waals surface area contributed by atoms with E-state index in [1.54, 1.807) is 24.3 Å². The molecule has 0 radical (unpaired) electrons. The van der Waals surface area contributed by atoms with Gasteiger partial charge < -0.3 is 4.74 Å². The van der Waals surface area contributed by atoms with Crippen LogP contribution < -0.4 is 4.74 Å². The number of hydrogen-bond acceptors (Lipinski definition) is 3. The van der Waals surface area contributed by atoms with Gasteiger partial charge in [-0.25, -0.2) is 0 Å². The van der Waals surface area contributed by atoms with Crippen molar-refractivity contribution in [3.63, 3.8) is 0 Å². The smallest absolute Gasteiger partial charge is 0.314 e. The molecule has 0 saturated heterocycles. The van der Waals surface area contributed by atoms with Crippen molar-refractivity contribution in [3.05, 3.63) is 29.8 Å². The van der Waals surface area contributed by atoms with Gasteiger partial charge in [0.2, 0.25) is 0 Å². The van der Waals surface area contributed by atoms with Gasteiger partial charge in [0.05, 0.1) is 11.5 Å². The van der Waals surface area contributed by atoms with E-state index >= 15 is 0 Å². The number of aldehydes is 1. The monoisotopic (exact) mass is 220 g/mol. The molecule has 0 fully saturated rings. The molecule has 0 saturated carbocycles. The summed E-state index contributed by atoms with van der Waals surface area (Å²) in [6.45, 7) is 3.89. The van der Waals surface area contributed by atoms with Gasteiger partial charge in [-0.05, 0) is 25.0 Å². The molecule has 0 aliphatic carbocycles. The number of para-hydroxylation sites is 1. The highest BCUT2D eigenvalue weighted by molar-refractivity contribution is 5.82. The van der Waals surface area contributed by atoms with Crippen molar-refractivity contribution < 1.29 is 14.3 Å². The number of hydrogen-bond donors (Lipinski definition) is 0. The maximum atomic E-state index is 11.7. The molecule has 0 aromatic heterocycles. The van der Waals surface area contributed by atoms with Crippen LogP contribution in [0.1, 0.15) is 37.0 Å². The molecule has 16 heavy (non-hydrogen) atoms. The van der Waals surface area contributed by atoms with E-state index < -0.39 is 0 Å². The Labute approximate surface area is 95.4 Å². The molecule has 0 heterocycles. The molecule has 0 spiro atoms. The van der Waals surface area contributed by atoms with E-state index in [9.17, 15) is 9.59 Å². The second-order valence-corrected chi connectivity index (χ2v) is 3.59. The minimum absolute atomic E-state index is 0.0975. The summed E-state index contributed by atoms with van der Waals surface area (Å²) in [5.74, 6) is -0.0200. The Morgan fingerprint density at radius 1 is 1.31 bits per heavy atom.